The second-order valence-electron chi connectivity index (χ2n) is 11.2. The Balaban J connectivity index is 1.56. The van der Waals surface area contributed by atoms with Crippen LogP contribution in [0, 0.1) is 11.3 Å². The first-order valence-corrected chi connectivity index (χ1v) is 12.5. The van der Waals surface area contributed by atoms with Crippen LogP contribution in [0.2, 0.25) is 0 Å². The number of rotatable bonds is 13. The normalized spacial score (nSPS) is 23.2. The Morgan fingerprint density at radius 1 is 0.933 bits per heavy atom. The van der Waals surface area contributed by atoms with Crippen molar-refractivity contribution in [3.05, 3.63) is 0 Å². The van der Waals surface area contributed by atoms with Crippen molar-refractivity contribution in [3.8, 4) is 0 Å². The summed E-state index contributed by atoms with van der Waals surface area (Å²) < 4.78 is 12.5. The summed E-state index contributed by atoms with van der Waals surface area (Å²) in [5.74, 6) is 0.717. The summed E-state index contributed by atoms with van der Waals surface area (Å²) in [4.78, 5) is 7.55. The molecule has 2 heterocycles. The zero-order valence-electron chi connectivity index (χ0n) is 21.0. The van der Waals surface area contributed by atoms with Gasteiger partial charge in [0.25, 0.3) is 0 Å². The summed E-state index contributed by atoms with van der Waals surface area (Å²) in [6.45, 7) is 23.7. The molecule has 178 valence electrons. The molecule has 0 aromatic rings. The maximum atomic E-state index is 6.28. The Labute approximate surface area is 187 Å². The Bertz CT molecular complexity index is 461. The maximum Gasteiger partial charge on any atom is 0.0626 e. The molecule has 1 atom stereocenters. The van der Waals surface area contributed by atoms with E-state index < -0.39 is 0 Å². The highest BCUT2D eigenvalue weighted by molar-refractivity contribution is 4.77. The van der Waals surface area contributed by atoms with Crippen LogP contribution in [0.5, 0.6) is 0 Å². The van der Waals surface area contributed by atoms with E-state index in [9.17, 15) is 0 Å². The number of nitrogens with zero attached hydrogens (tertiary/aromatic N) is 3. The van der Waals surface area contributed by atoms with E-state index in [4.69, 9.17) is 9.47 Å². The fourth-order valence-electron chi connectivity index (χ4n) is 4.57. The monoisotopic (exact) mass is 425 g/mol. The van der Waals surface area contributed by atoms with Gasteiger partial charge in [-0.1, -0.05) is 20.8 Å². The molecule has 0 N–H and O–H groups in total. The standard InChI is InChI=1S/C25H51N3O2/c1-7-27-13-8-10-23(20-27)21-29-22-24(2,3)11-12-25(4,5)30-19-9-14-28-17-15-26(6)16-18-28/h23H,7-22H2,1-6H3. The molecule has 0 amide bonds. The smallest absolute Gasteiger partial charge is 0.0626 e. The number of piperazine rings is 1. The van der Waals surface area contributed by atoms with E-state index in [-0.39, 0.29) is 11.0 Å². The highest BCUT2D eigenvalue weighted by atomic mass is 16.5. The molecule has 0 bridgehead atoms. The van der Waals surface area contributed by atoms with E-state index in [2.05, 4.69) is 56.4 Å². The van der Waals surface area contributed by atoms with E-state index >= 15 is 0 Å². The van der Waals surface area contributed by atoms with E-state index in [1.54, 1.807) is 0 Å². The van der Waals surface area contributed by atoms with Gasteiger partial charge < -0.3 is 24.2 Å². The topological polar surface area (TPSA) is 28.2 Å². The average molecular weight is 426 g/mol. The lowest BCUT2D eigenvalue weighted by molar-refractivity contribution is -0.0423. The van der Waals surface area contributed by atoms with Crippen LogP contribution in [0.3, 0.4) is 0 Å². The van der Waals surface area contributed by atoms with Gasteiger partial charge in [-0.3, -0.25) is 0 Å². The minimum atomic E-state index is -0.0512. The number of piperidine rings is 1. The second-order valence-corrected chi connectivity index (χ2v) is 11.2. The van der Waals surface area contributed by atoms with E-state index in [1.165, 1.54) is 65.2 Å². The molecule has 5 heteroatoms. The molecule has 5 nitrogen and oxygen atoms in total. The Kier molecular flexibility index (Phi) is 11.1. The summed E-state index contributed by atoms with van der Waals surface area (Å²) >= 11 is 0. The molecule has 0 aliphatic carbocycles. The molecule has 0 radical (unpaired) electrons. The SMILES string of the molecule is CCN1CCCC(COCC(C)(C)CCC(C)(C)OCCCN2CCN(C)CC2)C1. The van der Waals surface area contributed by atoms with Crippen molar-refractivity contribution in [2.75, 3.05) is 79.2 Å². The van der Waals surface area contributed by atoms with Gasteiger partial charge in [0.2, 0.25) is 0 Å². The highest BCUT2D eigenvalue weighted by Gasteiger charge is 2.26. The van der Waals surface area contributed by atoms with Crippen molar-refractivity contribution >= 4 is 0 Å². The summed E-state index contributed by atoms with van der Waals surface area (Å²) in [6, 6.07) is 0. The van der Waals surface area contributed by atoms with Crippen LogP contribution < -0.4 is 0 Å². The van der Waals surface area contributed by atoms with Gasteiger partial charge in [-0.25, -0.2) is 0 Å². The lowest BCUT2D eigenvalue weighted by Gasteiger charge is -2.34. The predicted molar refractivity (Wildman–Crippen MR) is 127 cm³/mol. The van der Waals surface area contributed by atoms with Crippen LogP contribution in [0.1, 0.15) is 66.7 Å². The summed E-state index contributed by atoms with van der Waals surface area (Å²) in [7, 11) is 2.21. The van der Waals surface area contributed by atoms with Crippen molar-refractivity contribution in [3.63, 3.8) is 0 Å². The van der Waals surface area contributed by atoms with Gasteiger partial charge in [0, 0.05) is 45.9 Å². The second kappa shape index (κ2) is 12.7. The number of ether oxygens (including phenoxy) is 2. The molecule has 1 unspecified atom stereocenters. The molecule has 30 heavy (non-hydrogen) atoms. The van der Waals surface area contributed by atoms with Crippen LogP contribution in [-0.4, -0.2) is 99.5 Å². The molecule has 0 aromatic carbocycles. The van der Waals surface area contributed by atoms with E-state index in [1.807, 2.05) is 0 Å². The lowest BCUT2D eigenvalue weighted by atomic mass is 9.84. The van der Waals surface area contributed by atoms with Gasteiger partial charge in [-0.2, -0.15) is 0 Å². The molecule has 2 saturated heterocycles. The number of hydrogen-bond donors (Lipinski definition) is 0. The number of likely N-dealkylation sites (tertiary alicyclic amines) is 1. The largest absolute Gasteiger partial charge is 0.381 e. The molecule has 0 saturated carbocycles. The third-order valence-corrected chi connectivity index (χ3v) is 7.01. The van der Waals surface area contributed by atoms with Gasteiger partial charge in [-0.15, -0.1) is 0 Å². The first-order valence-electron chi connectivity index (χ1n) is 12.5. The minimum Gasteiger partial charge on any atom is -0.381 e. The Hall–Kier alpha value is -0.200. The van der Waals surface area contributed by atoms with Crippen molar-refractivity contribution < 1.29 is 9.47 Å². The third kappa shape index (κ3) is 10.4. The minimum absolute atomic E-state index is 0.0512. The summed E-state index contributed by atoms with van der Waals surface area (Å²) in [6.07, 6.45) is 6.02. The van der Waals surface area contributed by atoms with Gasteiger partial charge in [-0.05, 0) is 77.4 Å². The fourth-order valence-corrected chi connectivity index (χ4v) is 4.57. The van der Waals surface area contributed by atoms with Crippen molar-refractivity contribution in [1.29, 1.82) is 0 Å². The number of likely N-dealkylation sites (N-methyl/N-ethyl adjacent to an activating group) is 1. The Morgan fingerprint density at radius 2 is 1.67 bits per heavy atom. The van der Waals surface area contributed by atoms with Crippen molar-refractivity contribution in [2.24, 2.45) is 11.3 Å². The van der Waals surface area contributed by atoms with Gasteiger partial charge in [0.1, 0.15) is 0 Å². The lowest BCUT2D eigenvalue weighted by Crippen LogP contribution is -2.44. The molecule has 0 aromatic heterocycles. The molecule has 2 fully saturated rings. The quantitative estimate of drug-likeness (QED) is 0.416. The Morgan fingerprint density at radius 3 is 2.37 bits per heavy atom. The van der Waals surface area contributed by atoms with E-state index in [0.29, 0.717) is 0 Å². The highest BCUT2D eigenvalue weighted by Crippen LogP contribution is 2.29. The van der Waals surface area contributed by atoms with Crippen LogP contribution in [-0.2, 0) is 9.47 Å². The average Bonchev–Trinajstić information content (AvgIpc) is 2.71. The van der Waals surface area contributed by atoms with Crippen LogP contribution in [0.25, 0.3) is 0 Å². The van der Waals surface area contributed by atoms with Crippen LogP contribution in [0.4, 0.5) is 0 Å². The summed E-state index contributed by atoms with van der Waals surface area (Å²) in [5.41, 5.74) is 0.157. The van der Waals surface area contributed by atoms with Crippen LogP contribution >= 0.6 is 0 Å². The first-order chi connectivity index (χ1) is 14.2. The first kappa shape index (κ1) is 26.1. The molecule has 0 spiro atoms. The molecule has 2 aliphatic rings. The fraction of sp³-hybridized carbons (Fsp3) is 1.00. The summed E-state index contributed by atoms with van der Waals surface area (Å²) in [5, 5.41) is 0. The van der Waals surface area contributed by atoms with Crippen molar-refractivity contribution in [1.82, 2.24) is 14.7 Å². The number of hydrogen-bond acceptors (Lipinski definition) is 5. The van der Waals surface area contributed by atoms with E-state index in [0.717, 1.165) is 45.0 Å². The molecule has 2 rings (SSSR count). The predicted octanol–water partition coefficient (Wildman–Crippen LogP) is 3.97. The third-order valence-electron chi connectivity index (χ3n) is 7.01. The zero-order valence-corrected chi connectivity index (χ0v) is 21.0. The van der Waals surface area contributed by atoms with Gasteiger partial charge >= 0.3 is 0 Å². The van der Waals surface area contributed by atoms with Crippen LogP contribution in [0.15, 0.2) is 0 Å². The van der Waals surface area contributed by atoms with Gasteiger partial charge in [0.15, 0.2) is 0 Å². The zero-order chi connectivity index (χ0) is 22.0. The molecular formula is C25H51N3O2. The molecule has 2 aliphatic heterocycles. The van der Waals surface area contributed by atoms with Gasteiger partial charge in [0.05, 0.1) is 18.8 Å². The maximum absolute atomic E-state index is 6.28. The molecular weight excluding hydrogens is 374 g/mol. The van der Waals surface area contributed by atoms with Crippen molar-refractivity contribution in [2.45, 2.75) is 72.3 Å².